The topological polar surface area (TPSA) is 59.1 Å². The lowest BCUT2D eigenvalue weighted by molar-refractivity contribution is -0.110. The molecule has 6 nitrogen and oxygen atoms in total. The monoisotopic (exact) mass is 416 g/mol. The van der Waals surface area contributed by atoms with E-state index >= 15 is 0 Å². The Morgan fingerprint density at radius 1 is 1.03 bits per heavy atom. The Hall–Kier alpha value is -1.93. The first-order valence-corrected chi connectivity index (χ1v) is 11.7. The van der Waals surface area contributed by atoms with Gasteiger partial charge in [0.25, 0.3) is 0 Å². The second-order valence-electron chi connectivity index (χ2n) is 7.68. The third-order valence-electron chi connectivity index (χ3n) is 5.69. The summed E-state index contributed by atoms with van der Waals surface area (Å²) in [5.74, 6) is 0.723. The largest absolute Gasteiger partial charge is 0.489 e. The van der Waals surface area contributed by atoms with Gasteiger partial charge in [0.05, 0.1) is 12.6 Å². The van der Waals surface area contributed by atoms with Crippen LogP contribution in [-0.2, 0) is 21.5 Å². The molecule has 0 spiro atoms. The summed E-state index contributed by atoms with van der Waals surface area (Å²) in [4.78, 5) is 5.67. The van der Waals surface area contributed by atoms with E-state index in [1.54, 1.807) is 16.4 Å². The summed E-state index contributed by atoms with van der Waals surface area (Å²) in [5, 5.41) is 1.05. The van der Waals surface area contributed by atoms with Crippen molar-refractivity contribution < 1.29 is 18.0 Å². The molecule has 7 heteroatoms. The maximum atomic E-state index is 13.3. The average Bonchev–Trinajstić information content (AvgIpc) is 3.16. The summed E-state index contributed by atoms with van der Waals surface area (Å²) in [5.41, 5.74) is 1.98. The molecule has 0 unspecified atom stereocenters. The minimum absolute atomic E-state index is 0.176. The van der Waals surface area contributed by atoms with Crippen molar-refractivity contribution >= 4 is 10.0 Å². The molecule has 2 atom stereocenters. The third kappa shape index (κ3) is 4.48. The fraction of sp³-hybridized carbons (Fsp3) is 0.455. The molecule has 29 heavy (non-hydrogen) atoms. The van der Waals surface area contributed by atoms with Gasteiger partial charge in [-0.2, -0.15) is 5.06 Å². The van der Waals surface area contributed by atoms with Crippen LogP contribution in [0, 0.1) is 0 Å². The van der Waals surface area contributed by atoms with Gasteiger partial charge in [-0.1, -0.05) is 48.9 Å². The summed E-state index contributed by atoms with van der Waals surface area (Å²) in [7, 11) is -1.63. The second kappa shape index (κ2) is 8.83. The molecule has 0 bridgehead atoms. The van der Waals surface area contributed by atoms with Crippen molar-refractivity contribution in [3.05, 3.63) is 65.7 Å². The van der Waals surface area contributed by atoms with Crippen molar-refractivity contribution in [1.29, 1.82) is 0 Å². The van der Waals surface area contributed by atoms with E-state index in [0.29, 0.717) is 19.7 Å². The molecule has 0 aliphatic carbocycles. The number of rotatable bonds is 6. The van der Waals surface area contributed by atoms with Crippen molar-refractivity contribution in [1.82, 2.24) is 9.37 Å². The Kier molecular flexibility index (Phi) is 6.20. The molecule has 0 aromatic heterocycles. The fourth-order valence-corrected chi connectivity index (χ4v) is 6.15. The van der Waals surface area contributed by atoms with E-state index in [2.05, 4.69) is 0 Å². The Labute approximate surface area is 173 Å². The van der Waals surface area contributed by atoms with Gasteiger partial charge < -0.3 is 4.74 Å². The first-order valence-electron chi connectivity index (χ1n) is 10.2. The van der Waals surface area contributed by atoms with Crippen molar-refractivity contribution in [2.45, 2.75) is 37.2 Å². The zero-order chi connectivity index (χ0) is 20.3. The van der Waals surface area contributed by atoms with E-state index in [-0.39, 0.29) is 12.6 Å². The SMILES string of the molecule is CN1OC[C@H](S(=O)(=O)N2CCCCC2)[C@@H]1c1cccc(OCc2ccccc2)c1. The van der Waals surface area contributed by atoms with E-state index in [1.165, 1.54) is 0 Å². The Morgan fingerprint density at radius 2 is 1.79 bits per heavy atom. The Balaban J connectivity index is 1.54. The molecule has 0 radical (unpaired) electrons. The van der Waals surface area contributed by atoms with Gasteiger partial charge in [-0.3, -0.25) is 4.84 Å². The standard InChI is InChI=1S/C22H28N2O4S/c1-23-22(21(17-28-23)29(25,26)24-13-6-3-7-14-24)19-11-8-12-20(15-19)27-16-18-9-4-2-5-10-18/h2,4-5,8-12,15,21-22H,3,6-7,13-14,16-17H2,1H3/t21-,22-/m0/s1. The molecule has 2 heterocycles. The first-order chi connectivity index (χ1) is 14.1. The summed E-state index contributed by atoms with van der Waals surface area (Å²) in [6.07, 6.45) is 2.95. The van der Waals surface area contributed by atoms with Gasteiger partial charge >= 0.3 is 0 Å². The molecule has 2 aromatic carbocycles. The van der Waals surface area contributed by atoms with E-state index in [9.17, 15) is 8.42 Å². The highest BCUT2D eigenvalue weighted by Crippen LogP contribution is 2.36. The Morgan fingerprint density at radius 3 is 2.55 bits per heavy atom. The number of hydrogen-bond donors (Lipinski definition) is 0. The molecule has 2 saturated heterocycles. The molecular formula is C22H28N2O4S. The van der Waals surface area contributed by atoms with Gasteiger partial charge in [0, 0.05) is 20.1 Å². The summed E-state index contributed by atoms with van der Waals surface area (Å²) in [6, 6.07) is 17.3. The predicted octanol–water partition coefficient (Wildman–Crippen LogP) is 3.37. The molecule has 0 saturated carbocycles. The molecule has 2 fully saturated rings. The quantitative estimate of drug-likeness (QED) is 0.723. The lowest BCUT2D eigenvalue weighted by Gasteiger charge is -2.31. The highest BCUT2D eigenvalue weighted by molar-refractivity contribution is 7.89. The van der Waals surface area contributed by atoms with Gasteiger partial charge in [-0.15, -0.1) is 0 Å². The van der Waals surface area contributed by atoms with Gasteiger partial charge in [0.1, 0.15) is 17.6 Å². The molecule has 4 rings (SSSR count). The second-order valence-corrected chi connectivity index (χ2v) is 9.83. The molecule has 0 N–H and O–H groups in total. The normalized spacial score (nSPS) is 23.9. The number of ether oxygens (including phenoxy) is 1. The Bertz CT molecular complexity index is 913. The number of nitrogens with zero attached hydrogens (tertiary/aromatic N) is 2. The van der Waals surface area contributed by atoms with Gasteiger partial charge in [-0.25, -0.2) is 12.7 Å². The van der Waals surface area contributed by atoms with E-state index < -0.39 is 15.3 Å². The smallest absolute Gasteiger partial charge is 0.221 e. The van der Waals surface area contributed by atoms with Crippen LogP contribution in [0.5, 0.6) is 5.75 Å². The molecule has 2 aliphatic rings. The lowest BCUT2D eigenvalue weighted by Crippen LogP contribution is -2.44. The maximum Gasteiger partial charge on any atom is 0.221 e. The zero-order valence-electron chi connectivity index (χ0n) is 16.7. The first kappa shape index (κ1) is 20.3. The molecule has 2 aromatic rings. The fourth-order valence-electron chi connectivity index (χ4n) is 4.11. The number of sulfonamides is 1. The van der Waals surface area contributed by atoms with E-state index in [4.69, 9.17) is 9.57 Å². The number of hydrogen-bond acceptors (Lipinski definition) is 5. The highest BCUT2D eigenvalue weighted by atomic mass is 32.2. The third-order valence-corrected chi connectivity index (χ3v) is 7.94. The minimum atomic E-state index is -3.43. The summed E-state index contributed by atoms with van der Waals surface area (Å²) in [6.45, 7) is 1.86. The van der Waals surface area contributed by atoms with Crippen molar-refractivity contribution in [3.8, 4) is 5.75 Å². The van der Waals surface area contributed by atoms with Gasteiger partial charge in [0.15, 0.2) is 0 Å². The van der Waals surface area contributed by atoms with Crippen molar-refractivity contribution in [2.24, 2.45) is 0 Å². The zero-order valence-corrected chi connectivity index (χ0v) is 17.6. The predicted molar refractivity (Wildman–Crippen MR) is 112 cm³/mol. The number of piperidine rings is 1. The van der Waals surface area contributed by atoms with E-state index in [1.807, 2.05) is 54.6 Å². The average molecular weight is 417 g/mol. The maximum absolute atomic E-state index is 13.3. The van der Waals surface area contributed by atoms with Crippen LogP contribution in [-0.4, -0.2) is 49.8 Å². The number of benzene rings is 2. The van der Waals surface area contributed by atoms with E-state index in [0.717, 1.165) is 36.1 Å². The van der Waals surface area contributed by atoms with Crippen LogP contribution in [0.1, 0.15) is 36.4 Å². The molecule has 0 amide bonds. The van der Waals surface area contributed by atoms with Gasteiger partial charge in [0.2, 0.25) is 10.0 Å². The van der Waals surface area contributed by atoms with Crippen LogP contribution in [0.3, 0.4) is 0 Å². The molecule has 2 aliphatic heterocycles. The lowest BCUT2D eigenvalue weighted by atomic mass is 10.0. The summed E-state index contributed by atoms with van der Waals surface area (Å²) < 4.78 is 34.2. The van der Waals surface area contributed by atoms with Crippen LogP contribution in [0.15, 0.2) is 54.6 Å². The number of hydroxylamine groups is 2. The minimum Gasteiger partial charge on any atom is -0.489 e. The van der Waals surface area contributed by atoms with Crippen LogP contribution >= 0.6 is 0 Å². The van der Waals surface area contributed by atoms with Crippen LogP contribution < -0.4 is 4.74 Å². The van der Waals surface area contributed by atoms with Crippen LogP contribution in [0.2, 0.25) is 0 Å². The van der Waals surface area contributed by atoms with Crippen molar-refractivity contribution in [2.75, 3.05) is 26.7 Å². The molecule has 156 valence electrons. The highest BCUT2D eigenvalue weighted by Gasteiger charge is 2.45. The van der Waals surface area contributed by atoms with Crippen molar-refractivity contribution in [3.63, 3.8) is 0 Å². The van der Waals surface area contributed by atoms with Crippen LogP contribution in [0.25, 0.3) is 0 Å². The summed E-state index contributed by atoms with van der Waals surface area (Å²) >= 11 is 0. The van der Waals surface area contributed by atoms with Gasteiger partial charge in [-0.05, 0) is 36.1 Å². The molecular weight excluding hydrogens is 388 g/mol. The van der Waals surface area contributed by atoms with Crippen LogP contribution in [0.4, 0.5) is 0 Å².